The van der Waals surface area contributed by atoms with E-state index >= 15 is 0 Å². The van der Waals surface area contributed by atoms with Gasteiger partial charge in [-0.15, -0.1) is 0 Å². The molecule has 0 fully saturated rings. The number of hydrogen-bond donors (Lipinski definition) is 2. The number of rotatable bonds is 5. The van der Waals surface area contributed by atoms with E-state index in [0.29, 0.717) is 0 Å². The largest absolute Gasteiger partial charge is 0.493 e. The number of benzene rings is 1. The maximum atomic E-state index is 12.1. The highest BCUT2D eigenvalue weighted by molar-refractivity contribution is 5.80. The Morgan fingerprint density at radius 3 is 2.53 bits per heavy atom. The summed E-state index contributed by atoms with van der Waals surface area (Å²) in [6.07, 6.45) is -1.58. The zero-order chi connectivity index (χ0) is 13.0. The number of carbonyl (C=O) groups excluding carboxylic acids is 1. The van der Waals surface area contributed by atoms with Crippen LogP contribution < -0.4 is 15.2 Å². The molecule has 3 N–H and O–H groups in total. The molecule has 1 unspecified atom stereocenters. The van der Waals surface area contributed by atoms with Gasteiger partial charge in [0.05, 0.1) is 7.11 Å². The minimum absolute atomic E-state index is 0.0500. The number of alkyl halides is 2. The molecule has 0 saturated heterocycles. The number of primary amides is 1. The molecule has 0 radical (unpaired) electrons. The maximum Gasteiger partial charge on any atom is 0.387 e. The van der Waals surface area contributed by atoms with E-state index in [-0.39, 0.29) is 17.1 Å². The standard InChI is InChI=1S/C10H11F2NO4/c1-16-6-3-2-5(8(14)9(13)15)4-7(6)17-10(11)12/h2-4,8,10,14H,1H3,(H2,13,15). The summed E-state index contributed by atoms with van der Waals surface area (Å²) in [5.74, 6) is -1.20. The number of methoxy groups -OCH3 is 1. The minimum atomic E-state index is -3.04. The van der Waals surface area contributed by atoms with Gasteiger partial charge in [0.2, 0.25) is 0 Å². The quantitative estimate of drug-likeness (QED) is 0.806. The molecule has 1 aromatic rings. The lowest BCUT2D eigenvalue weighted by molar-refractivity contribution is -0.126. The first kappa shape index (κ1) is 13.2. The summed E-state index contributed by atoms with van der Waals surface area (Å²) in [6, 6.07) is 3.69. The van der Waals surface area contributed by atoms with Crippen molar-refractivity contribution >= 4 is 5.91 Å². The molecule has 1 atom stereocenters. The van der Waals surface area contributed by atoms with Gasteiger partial charge in [-0.25, -0.2) is 0 Å². The van der Waals surface area contributed by atoms with Gasteiger partial charge in [-0.05, 0) is 17.7 Å². The Morgan fingerprint density at radius 2 is 2.06 bits per heavy atom. The van der Waals surface area contributed by atoms with Gasteiger partial charge >= 0.3 is 6.61 Å². The van der Waals surface area contributed by atoms with E-state index < -0.39 is 18.6 Å². The third-order valence-corrected chi connectivity index (χ3v) is 1.99. The van der Waals surface area contributed by atoms with Gasteiger partial charge in [-0.3, -0.25) is 4.79 Å². The summed E-state index contributed by atoms with van der Waals surface area (Å²) in [4.78, 5) is 10.7. The van der Waals surface area contributed by atoms with E-state index in [4.69, 9.17) is 10.5 Å². The van der Waals surface area contributed by atoms with Crippen molar-refractivity contribution in [3.05, 3.63) is 23.8 Å². The van der Waals surface area contributed by atoms with Gasteiger partial charge in [0.1, 0.15) is 0 Å². The first-order valence-electron chi connectivity index (χ1n) is 4.56. The normalized spacial score (nSPS) is 12.3. The molecule has 5 nitrogen and oxygen atoms in total. The fraction of sp³-hybridized carbons (Fsp3) is 0.300. The van der Waals surface area contributed by atoms with Crippen LogP contribution in [0.25, 0.3) is 0 Å². The molecule has 0 heterocycles. The van der Waals surface area contributed by atoms with Crippen molar-refractivity contribution in [3.8, 4) is 11.5 Å². The van der Waals surface area contributed by atoms with Gasteiger partial charge in [-0.2, -0.15) is 8.78 Å². The average Bonchev–Trinajstić information content (AvgIpc) is 2.27. The molecule has 0 saturated carbocycles. The Bertz CT molecular complexity index is 411. The monoisotopic (exact) mass is 247 g/mol. The van der Waals surface area contributed by atoms with Crippen LogP contribution in [0.2, 0.25) is 0 Å². The van der Waals surface area contributed by atoms with E-state index in [1.54, 1.807) is 0 Å². The SMILES string of the molecule is COc1ccc(C(O)C(N)=O)cc1OC(F)F. The first-order chi connectivity index (χ1) is 7.95. The number of ether oxygens (including phenoxy) is 2. The van der Waals surface area contributed by atoms with E-state index in [1.807, 2.05) is 0 Å². The van der Waals surface area contributed by atoms with Crippen LogP contribution >= 0.6 is 0 Å². The predicted octanol–water partition coefficient (Wildman–Crippen LogP) is 0.815. The van der Waals surface area contributed by atoms with Crippen molar-refractivity contribution in [1.29, 1.82) is 0 Å². The van der Waals surface area contributed by atoms with Crippen LogP contribution in [0.1, 0.15) is 11.7 Å². The predicted molar refractivity (Wildman–Crippen MR) is 53.8 cm³/mol. The van der Waals surface area contributed by atoms with E-state index in [1.165, 1.54) is 19.2 Å². The Labute approximate surface area is 95.7 Å². The van der Waals surface area contributed by atoms with E-state index in [2.05, 4.69) is 4.74 Å². The molecule has 0 aliphatic rings. The van der Waals surface area contributed by atoms with Crippen LogP contribution in [0.4, 0.5) is 8.78 Å². The number of amides is 1. The molecule has 17 heavy (non-hydrogen) atoms. The fourth-order valence-electron chi connectivity index (χ4n) is 1.22. The van der Waals surface area contributed by atoms with Gasteiger partial charge in [0, 0.05) is 0 Å². The number of halogens is 2. The second kappa shape index (κ2) is 5.44. The van der Waals surface area contributed by atoms with Crippen LogP contribution in [0, 0.1) is 0 Å². The molecule has 0 spiro atoms. The number of aliphatic hydroxyl groups excluding tert-OH is 1. The molecule has 1 aromatic carbocycles. The molecular weight excluding hydrogens is 236 g/mol. The van der Waals surface area contributed by atoms with Crippen molar-refractivity contribution in [1.82, 2.24) is 0 Å². The van der Waals surface area contributed by atoms with Crippen LogP contribution in [0.5, 0.6) is 11.5 Å². The number of nitrogens with two attached hydrogens (primary N) is 1. The summed E-state index contributed by atoms with van der Waals surface area (Å²) in [5, 5.41) is 9.36. The molecule has 1 rings (SSSR count). The molecule has 0 aliphatic carbocycles. The Hall–Kier alpha value is -1.89. The van der Waals surface area contributed by atoms with Crippen molar-refractivity contribution in [2.45, 2.75) is 12.7 Å². The molecule has 7 heteroatoms. The third-order valence-electron chi connectivity index (χ3n) is 1.99. The molecule has 0 bridgehead atoms. The summed E-state index contributed by atoms with van der Waals surface area (Å²) < 4.78 is 33.2. The number of aliphatic hydroxyl groups is 1. The average molecular weight is 247 g/mol. The maximum absolute atomic E-state index is 12.1. The van der Waals surface area contributed by atoms with E-state index in [0.717, 1.165) is 6.07 Å². The Balaban J connectivity index is 3.08. The summed E-state index contributed by atoms with van der Waals surface area (Å²) in [5.41, 5.74) is 4.93. The summed E-state index contributed by atoms with van der Waals surface area (Å²) in [7, 11) is 1.28. The Morgan fingerprint density at radius 1 is 1.41 bits per heavy atom. The first-order valence-corrected chi connectivity index (χ1v) is 4.56. The zero-order valence-corrected chi connectivity index (χ0v) is 8.89. The molecule has 1 amide bonds. The zero-order valence-electron chi connectivity index (χ0n) is 8.89. The second-order valence-corrected chi connectivity index (χ2v) is 3.09. The van der Waals surface area contributed by atoms with Gasteiger partial charge < -0.3 is 20.3 Å². The van der Waals surface area contributed by atoms with Crippen LogP contribution in [0.3, 0.4) is 0 Å². The highest BCUT2D eigenvalue weighted by Crippen LogP contribution is 2.31. The summed E-state index contributed by atoms with van der Waals surface area (Å²) in [6.45, 7) is -3.04. The van der Waals surface area contributed by atoms with Crippen LogP contribution in [-0.2, 0) is 4.79 Å². The van der Waals surface area contributed by atoms with Gasteiger partial charge in [0.25, 0.3) is 5.91 Å². The smallest absolute Gasteiger partial charge is 0.387 e. The number of carbonyl (C=O) groups is 1. The lowest BCUT2D eigenvalue weighted by atomic mass is 10.1. The van der Waals surface area contributed by atoms with Gasteiger partial charge in [0.15, 0.2) is 17.6 Å². The van der Waals surface area contributed by atoms with Crippen LogP contribution in [-0.4, -0.2) is 24.7 Å². The number of hydrogen-bond acceptors (Lipinski definition) is 4. The van der Waals surface area contributed by atoms with Crippen molar-refractivity contribution in [3.63, 3.8) is 0 Å². The van der Waals surface area contributed by atoms with Gasteiger partial charge in [-0.1, -0.05) is 6.07 Å². The highest BCUT2D eigenvalue weighted by atomic mass is 19.3. The topological polar surface area (TPSA) is 81.8 Å². The van der Waals surface area contributed by atoms with Crippen molar-refractivity contribution in [2.24, 2.45) is 5.73 Å². The second-order valence-electron chi connectivity index (χ2n) is 3.09. The highest BCUT2D eigenvalue weighted by Gasteiger charge is 2.18. The molecular formula is C10H11F2NO4. The molecule has 0 aromatic heterocycles. The minimum Gasteiger partial charge on any atom is -0.493 e. The summed E-state index contributed by atoms with van der Waals surface area (Å²) >= 11 is 0. The van der Waals surface area contributed by atoms with Crippen molar-refractivity contribution < 1.29 is 28.2 Å². The lowest BCUT2D eigenvalue weighted by Crippen LogP contribution is -2.20. The third kappa shape index (κ3) is 3.28. The van der Waals surface area contributed by atoms with Crippen LogP contribution in [0.15, 0.2) is 18.2 Å². The van der Waals surface area contributed by atoms with E-state index in [9.17, 15) is 18.7 Å². The fourth-order valence-corrected chi connectivity index (χ4v) is 1.22. The molecule has 0 aliphatic heterocycles. The molecule has 94 valence electrons. The lowest BCUT2D eigenvalue weighted by Gasteiger charge is -2.13. The Kier molecular flexibility index (Phi) is 4.22. The van der Waals surface area contributed by atoms with Crippen molar-refractivity contribution in [2.75, 3.05) is 7.11 Å².